The van der Waals surface area contributed by atoms with E-state index in [1.54, 1.807) is 13.0 Å². The summed E-state index contributed by atoms with van der Waals surface area (Å²) in [5.41, 5.74) is -0.646. The Bertz CT molecular complexity index is 254. The van der Waals surface area contributed by atoms with Gasteiger partial charge in [-0.3, -0.25) is 4.79 Å². The smallest absolute Gasteiger partial charge is 0.305 e. The van der Waals surface area contributed by atoms with E-state index in [1.165, 1.54) is 6.42 Å². The third kappa shape index (κ3) is 4.15. The van der Waals surface area contributed by atoms with Crippen LogP contribution in [0.4, 0.5) is 0 Å². The van der Waals surface area contributed by atoms with Crippen LogP contribution in [-0.2, 0) is 9.53 Å². The van der Waals surface area contributed by atoms with E-state index in [0.29, 0.717) is 19.4 Å². The molecule has 0 bridgehead atoms. The Morgan fingerprint density at radius 3 is 2.65 bits per heavy atom. The number of hydrogen-bond acceptors (Lipinski definition) is 3. The van der Waals surface area contributed by atoms with E-state index in [9.17, 15) is 9.90 Å². The molecule has 0 unspecified atom stereocenters. The number of carbonyl (C=O) groups is 1. The molecule has 1 aliphatic carbocycles. The Labute approximate surface area is 104 Å². The van der Waals surface area contributed by atoms with Crippen molar-refractivity contribution in [2.45, 2.75) is 57.5 Å². The van der Waals surface area contributed by atoms with Gasteiger partial charge < -0.3 is 9.84 Å². The number of carbonyl (C=O) groups excluding carboxylic acids is 1. The van der Waals surface area contributed by atoms with E-state index >= 15 is 0 Å². The first kappa shape index (κ1) is 14.2. The van der Waals surface area contributed by atoms with E-state index < -0.39 is 5.60 Å². The van der Waals surface area contributed by atoms with Gasteiger partial charge >= 0.3 is 5.97 Å². The largest absolute Gasteiger partial charge is 0.466 e. The average Bonchev–Trinajstić information content (AvgIpc) is 2.31. The van der Waals surface area contributed by atoms with Crippen molar-refractivity contribution in [3.05, 3.63) is 12.7 Å². The summed E-state index contributed by atoms with van der Waals surface area (Å²) in [7, 11) is 0. The minimum absolute atomic E-state index is 0.00667. The van der Waals surface area contributed by atoms with E-state index in [1.807, 2.05) is 0 Å². The summed E-state index contributed by atoms with van der Waals surface area (Å²) < 4.78 is 4.90. The van der Waals surface area contributed by atoms with E-state index in [4.69, 9.17) is 4.74 Å². The van der Waals surface area contributed by atoms with Gasteiger partial charge in [-0.05, 0) is 26.2 Å². The van der Waals surface area contributed by atoms with Crippen molar-refractivity contribution in [2.24, 2.45) is 5.92 Å². The molecule has 3 nitrogen and oxygen atoms in total. The van der Waals surface area contributed by atoms with Crippen LogP contribution in [0.3, 0.4) is 0 Å². The van der Waals surface area contributed by atoms with Gasteiger partial charge in [-0.1, -0.05) is 25.3 Å². The molecule has 1 rings (SSSR count). The lowest BCUT2D eigenvalue weighted by molar-refractivity contribution is -0.143. The second-order valence-electron chi connectivity index (χ2n) is 4.85. The number of ether oxygens (including phenoxy) is 1. The first-order valence-electron chi connectivity index (χ1n) is 6.63. The Kier molecular flexibility index (Phi) is 5.69. The van der Waals surface area contributed by atoms with Crippen LogP contribution in [0.2, 0.25) is 0 Å². The predicted molar refractivity (Wildman–Crippen MR) is 67.6 cm³/mol. The molecule has 0 radical (unpaired) electrons. The van der Waals surface area contributed by atoms with Crippen molar-refractivity contribution >= 4 is 5.97 Å². The molecule has 0 heterocycles. The standard InChI is InChI=1S/C14H24O3/c1-3-12(8-9-13(15)17-4-2)14(16)10-6-5-7-11-14/h3,12,16H,1,4-11H2,2H3/t12-/m0/s1. The lowest BCUT2D eigenvalue weighted by atomic mass is 9.74. The lowest BCUT2D eigenvalue weighted by Crippen LogP contribution is -2.39. The minimum Gasteiger partial charge on any atom is -0.466 e. The van der Waals surface area contributed by atoms with Gasteiger partial charge in [0.2, 0.25) is 0 Å². The van der Waals surface area contributed by atoms with Crippen LogP contribution in [0, 0.1) is 5.92 Å². The third-order valence-corrected chi connectivity index (χ3v) is 3.66. The van der Waals surface area contributed by atoms with E-state index in [-0.39, 0.29) is 11.9 Å². The molecule has 1 N–H and O–H groups in total. The van der Waals surface area contributed by atoms with Crippen LogP contribution in [0.25, 0.3) is 0 Å². The van der Waals surface area contributed by atoms with E-state index in [2.05, 4.69) is 6.58 Å². The van der Waals surface area contributed by atoms with Gasteiger partial charge in [0, 0.05) is 12.3 Å². The monoisotopic (exact) mass is 240 g/mol. The van der Waals surface area contributed by atoms with Gasteiger partial charge in [0.25, 0.3) is 0 Å². The summed E-state index contributed by atoms with van der Waals surface area (Å²) in [6.45, 7) is 6.01. The van der Waals surface area contributed by atoms with Gasteiger partial charge in [-0.2, -0.15) is 0 Å². The van der Waals surface area contributed by atoms with Crippen LogP contribution in [0.5, 0.6) is 0 Å². The minimum atomic E-state index is -0.646. The van der Waals surface area contributed by atoms with Crippen LogP contribution in [-0.4, -0.2) is 23.3 Å². The molecule has 1 atom stereocenters. The molecular weight excluding hydrogens is 216 g/mol. The molecule has 0 aromatic rings. The zero-order chi connectivity index (χ0) is 12.7. The first-order valence-corrected chi connectivity index (χ1v) is 6.63. The van der Waals surface area contributed by atoms with E-state index in [0.717, 1.165) is 25.7 Å². The summed E-state index contributed by atoms with van der Waals surface area (Å²) in [5, 5.41) is 10.6. The highest BCUT2D eigenvalue weighted by molar-refractivity contribution is 5.69. The summed E-state index contributed by atoms with van der Waals surface area (Å²) >= 11 is 0. The Morgan fingerprint density at radius 2 is 2.12 bits per heavy atom. The van der Waals surface area contributed by atoms with Crippen molar-refractivity contribution in [2.75, 3.05) is 6.61 Å². The zero-order valence-electron chi connectivity index (χ0n) is 10.8. The third-order valence-electron chi connectivity index (χ3n) is 3.66. The Hall–Kier alpha value is -0.830. The van der Waals surface area contributed by atoms with Crippen LogP contribution in [0.15, 0.2) is 12.7 Å². The van der Waals surface area contributed by atoms with Crippen molar-refractivity contribution in [3.63, 3.8) is 0 Å². The van der Waals surface area contributed by atoms with Gasteiger partial charge in [0.1, 0.15) is 0 Å². The summed E-state index contributed by atoms with van der Waals surface area (Å²) in [6.07, 6.45) is 7.79. The SMILES string of the molecule is C=C[C@@H](CCC(=O)OCC)C1(O)CCCCC1. The number of esters is 1. The first-order chi connectivity index (χ1) is 8.12. The molecule has 17 heavy (non-hydrogen) atoms. The molecule has 0 saturated heterocycles. The summed E-state index contributed by atoms with van der Waals surface area (Å²) in [5.74, 6) is -0.175. The summed E-state index contributed by atoms with van der Waals surface area (Å²) in [6, 6.07) is 0. The maximum absolute atomic E-state index is 11.3. The number of aliphatic hydroxyl groups is 1. The second-order valence-corrected chi connectivity index (χ2v) is 4.85. The molecule has 0 spiro atoms. The molecule has 0 aromatic carbocycles. The molecule has 0 aromatic heterocycles. The highest BCUT2D eigenvalue weighted by Crippen LogP contribution is 2.37. The van der Waals surface area contributed by atoms with Crippen molar-refractivity contribution in [3.8, 4) is 0 Å². The molecule has 1 fully saturated rings. The van der Waals surface area contributed by atoms with Crippen molar-refractivity contribution in [1.82, 2.24) is 0 Å². The van der Waals surface area contributed by atoms with Crippen LogP contribution >= 0.6 is 0 Å². The molecule has 1 aliphatic rings. The highest BCUT2D eigenvalue weighted by Gasteiger charge is 2.35. The molecular formula is C14H24O3. The normalized spacial score (nSPS) is 20.6. The van der Waals surface area contributed by atoms with Gasteiger partial charge in [0.05, 0.1) is 12.2 Å². The molecule has 0 aliphatic heterocycles. The summed E-state index contributed by atoms with van der Waals surface area (Å²) in [4.78, 5) is 11.3. The second kappa shape index (κ2) is 6.80. The molecule has 98 valence electrons. The van der Waals surface area contributed by atoms with Crippen molar-refractivity contribution in [1.29, 1.82) is 0 Å². The topological polar surface area (TPSA) is 46.5 Å². The van der Waals surface area contributed by atoms with Crippen molar-refractivity contribution < 1.29 is 14.6 Å². The zero-order valence-corrected chi connectivity index (χ0v) is 10.8. The molecule has 1 saturated carbocycles. The van der Waals surface area contributed by atoms with Gasteiger partial charge in [-0.15, -0.1) is 6.58 Å². The predicted octanol–water partition coefficient (Wildman–Crippen LogP) is 2.83. The quantitative estimate of drug-likeness (QED) is 0.573. The number of hydrogen-bond donors (Lipinski definition) is 1. The highest BCUT2D eigenvalue weighted by atomic mass is 16.5. The Morgan fingerprint density at radius 1 is 1.47 bits per heavy atom. The maximum Gasteiger partial charge on any atom is 0.305 e. The van der Waals surface area contributed by atoms with Gasteiger partial charge in [0.15, 0.2) is 0 Å². The fourth-order valence-electron chi connectivity index (χ4n) is 2.65. The molecule has 3 heteroatoms. The maximum atomic E-state index is 11.3. The average molecular weight is 240 g/mol. The lowest BCUT2D eigenvalue weighted by Gasteiger charge is -2.37. The van der Waals surface area contributed by atoms with Crippen LogP contribution < -0.4 is 0 Å². The van der Waals surface area contributed by atoms with Crippen LogP contribution in [0.1, 0.15) is 51.9 Å². The van der Waals surface area contributed by atoms with Gasteiger partial charge in [-0.25, -0.2) is 0 Å². The number of rotatable bonds is 6. The molecule has 0 amide bonds. The fraction of sp³-hybridized carbons (Fsp3) is 0.786. The Balaban J connectivity index is 2.46. The fourth-order valence-corrected chi connectivity index (χ4v) is 2.65.